The Morgan fingerprint density at radius 3 is 2.73 bits per heavy atom. The van der Waals surface area contributed by atoms with Crippen LogP contribution < -0.4 is 5.32 Å². The van der Waals surface area contributed by atoms with Crippen LogP contribution in [0.5, 0.6) is 0 Å². The second-order valence-corrected chi connectivity index (χ2v) is 6.66. The van der Waals surface area contributed by atoms with Crippen molar-refractivity contribution < 1.29 is 4.79 Å². The number of nitrogens with one attached hydrogen (secondary N) is 1. The molecule has 2 rings (SSSR count). The predicted octanol–water partition coefficient (Wildman–Crippen LogP) is 4.48. The molecular weight excluding hydrogens is 364 g/mol. The van der Waals surface area contributed by atoms with E-state index in [0.717, 1.165) is 21.3 Å². The minimum atomic E-state index is -0.0325. The third-order valence-electron chi connectivity index (χ3n) is 3.22. The predicted molar refractivity (Wildman–Crippen MR) is 95.3 cm³/mol. The van der Waals surface area contributed by atoms with Gasteiger partial charge in [0.15, 0.2) is 0 Å². The molecule has 0 aliphatic rings. The first kappa shape index (κ1) is 17.0. The smallest absolute Gasteiger partial charge is 0.238 e. The van der Waals surface area contributed by atoms with Crippen molar-refractivity contribution in [2.75, 3.05) is 18.9 Å². The number of benzene rings is 2. The molecule has 0 atom stereocenters. The van der Waals surface area contributed by atoms with E-state index < -0.39 is 0 Å². The monoisotopic (exact) mass is 380 g/mol. The summed E-state index contributed by atoms with van der Waals surface area (Å²) in [6.07, 6.45) is 0. The number of carbonyl (C=O) groups excluding carboxylic acids is 1. The van der Waals surface area contributed by atoms with Crippen molar-refractivity contribution in [3.63, 3.8) is 0 Å². The molecule has 0 radical (unpaired) electrons. The van der Waals surface area contributed by atoms with Crippen molar-refractivity contribution >= 4 is 39.1 Å². The standard InChI is InChI=1S/C17H18BrClN2O/c1-12-8-14(18)6-7-16(12)20-17(22)11-21(2)10-13-4-3-5-15(19)9-13/h3-9H,10-11H2,1-2H3,(H,20,22). The summed E-state index contributed by atoms with van der Waals surface area (Å²) in [4.78, 5) is 14.1. The third kappa shape index (κ3) is 5.13. The molecule has 0 heterocycles. The zero-order valence-corrected chi connectivity index (χ0v) is 14.9. The van der Waals surface area contributed by atoms with Crippen LogP contribution in [0, 0.1) is 6.92 Å². The molecule has 1 amide bonds. The summed E-state index contributed by atoms with van der Waals surface area (Å²) in [5.74, 6) is -0.0325. The molecule has 0 aliphatic carbocycles. The second kappa shape index (κ2) is 7.77. The van der Waals surface area contributed by atoms with Crippen molar-refractivity contribution in [2.45, 2.75) is 13.5 Å². The van der Waals surface area contributed by atoms with Gasteiger partial charge in [0.1, 0.15) is 0 Å². The van der Waals surface area contributed by atoms with Gasteiger partial charge in [-0.1, -0.05) is 39.7 Å². The van der Waals surface area contributed by atoms with Crippen LogP contribution in [0.4, 0.5) is 5.69 Å². The van der Waals surface area contributed by atoms with Gasteiger partial charge in [0.05, 0.1) is 6.54 Å². The van der Waals surface area contributed by atoms with E-state index in [0.29, 0.717) is 18.1 Å². The van der Waals surface area contributed by atoms with Gasteiger partial charge >= 0.3 is 0 Å². The van der Waals surface area contributed by atoms with Crippen LogP contribution in [0.25, 0.3) is 0 Å². The Hall–Kier alpha value is -1.36. The van der Waals surface area contributed by atoms with Gasteiger partial charge in [-0.25, -0.2) is 0 Å². The molecule has 5 heteroatoms. The summed E-state index contributed by atoms with van der Waals surface area (Å²) in [5, 5.41) is 3.65. The van der Waals surface area contributed by atoms with Crippen LogP contribution >= 0.6 is 27.5 Å². The molecule has 22 heavy (non-hydrogen) atoms. The number of carbonyl (C=O) groups is 1. The molecule has 0 saturated carbocycles. The first-order valence-corrected chi connectivity index (χ1v) is 8.10. The fourth-order valence-corrected chi connectivity index (χ4v) is 2.89. The number of hydrogen-bond acceptors (Lipinski definition) is 2. The molecule has 2 aromatic rings. The Morgan fingerprint density at radius 1 is 1.27 bits per heavy atom. The molecular formula is C17H18BrClN2O. The fourth-order valence-electron chi connectivity index (χ4n) is 2.21. The van der Waals surface area contributed by atoms with Gasteiger partial charge in [0.2, 0.25) is 5.91 Å². The molecule has 0 fully saturated rings. The van der Waals surface area contributed by atoms with Crippen LogP contribution in [-0.2, 0) is 11.3 Å². The Labute approximate surface area is 144 Å². The van der Waals surface area contributed by atoms with E-state index >= 15 is 0 Å². The minimum Gasteiger partial charge on any atom is -0.325 e. The van der Waals surface area contributed by atoms with Crippen molar-refractivity contribution in [3.8, 4) is 0 Å². The molecule has 116 valence electrons. The van der Waals surface area contributed by atoms with Crippen LogP contribution in [0.1, 0.15) is 11.1 Å². The highest BCUT2D eigenvalue weighted by Gasteiger charge is 2.09. The third-order valence-corrected chi connectivity index (χ3v) is 3.95. The lowest BCUT2D eigenvalue weighted by atomic mass is 10.2. The Bertz CT molecular complexity index is 675. The number of aryl methyl sites for hydroxylation is 1. The maximum Gasteiger partial charge on any atom is 0.238 e. The van der Waals surface area contributed by atoms with E-state index in [-0.39, 0.29) is 5.91 Å². The minimum absolute atomic E-state index is 0.0325. The van der Waals surface area contributed by atoms with Crippen molar-refractivity contribution in [1.29, 1.82) is 0 Å². The Balaban J connectivity index is 1.91. The summed E-state index contributed by atoms with van der Waals surface area (Å²) >= 11 is 9.38. The number of anilines is 1. The lowest BCUT2D eigenvalue weighted by molar-refractivity contribution is -0.117. The van der Waals surface area contributed by atoms with Crippen molar-refractivity contribution in [3.05, 3.63) is 63.1 Å². The van der Waals surface area contributed by atoms with E-state index in [1.54, 1.807) is 0 Å². The maximum absolute atomic E-state index is 12.1. The largest absolute Gasteiger partial charge is 0.325 e. The molecule has 0 spiro atoms. The van der Waals surface area contributed by atoms with E-state index in [1.807, 2.05) is 61.3 Å². The molecule has 1 N–H and O–H groups in total. The highest BCUT2D eigenvalue weighted by atomic mass is 79.9. The van der Waals surface area contributed by atoms with Crippen LogP contribution in [0.15, 0.2) is 46.9 Å². The van der Waals surface area contributed by atoms with Gasteiger partial charge in [-0.05, 0) is 55.4 Å². The molecule has 0 aromatic heterocycles. The summed E-state index contributed by atoms with van der Waals surface area (Å²) < 4.78 is 1.00. The number of hydrogen-bond donors (Lipinski definition) is 1. The number of amides is 1. The topological polar surface area (TPSA) is 32.3 Å². The number of halogens is 2. The van der Waals surface area contributed by atoms with Crippen LogP contribution in [-0.4, -0.2) is 24.4 Å². The summed E-state index contributed by atoms with van der Waals surface area (Å²) in [7, 11) is 1.91. The molecule has 0 aliphatic heterocycles. The average molecular weight is 382 g/mol. The van der Waals surface area contributed by atoms with Crippen LogP contribution in [0.2, 0.25) is 5.02 Å². The average Bonchev–Trinajstić information content (AvgIpc) is 2.41. The molecule has 0 bridgehead atoms. The Morgan fingerprint density at radius 2 is 2.05 bits per heavy atom. The van der Waals surface area contributed by atoms with Gasteiger partial charge < -0.3 is 5.32 Å². The van der Waals surface area contributed by atoms with Gasteiger partial charge in [0.25, 0.3) is 0 Å². The first-order valence-electron chi connectivity index (χ1n) is 6.93. The number of likely N-dealkylation sites (N-methyl/N-ethyl adjacent to an activating group) is 1. The first-order chi connectivity index (χ1) is 10.4. The summed E-state index contributed by atoms with van der Waals surface area (Å²) in [6.45, 7) is 2.96. The summed E-state index contributed by atoms with van der Waals surface area (Å²) in [5.41, 5.74) is 2.95. The van der Waals surface area contributed by atoms with Gasteiger partial charge in [-0.2, -0.15) is 0 Å². The van der Waals surface area contributed by atoms with Gasteiger partial charge in [-0.15, -0.1) is 0 Å². The van der Waals surface area contributed by atoms with Crippen LogP contribution in [0.3, 0.4) is 0 Å². The SMILES string of the molecule is Cc1cc(Br)ccc1NC(=O)CN(C)Cc1cccc(Cl)c1. The van der Waals surface area contributed by atoms with E-state index in [9.17, 15) is 4.79 Å². The van der Waals surface area contributed by atoms with E-state index in [1.165, 1.54) is 0 Å². The second-order valence-electron chi connectivity index (χ2n) is 5.31. The lowest BCUT2D eigenvalue weighted by Crippen LogP contribution is -2.30. The number of nitrogens with zero attached hydrogens (tertiary/aromatic N) is 1. The zero-order chi connectivity index (χ0) is 16.1. The normalized spacial score (nSPS) is 10.8. The molecule has 3 nitrogen and oxygen atoms in total. The number of rotatable bonds is 5. The highest BCUT2D eigenvalue weighted by Crippen LogP contribution is 2.20. The Kier molecular flexibility index (Phi) is 6.00. The summed E-state index contributed by atoms with van der Waals surface area (Å²) in [6, 6.07) is 13.5. The van der Waals surface area contributed by atoms with Gasteiger partial charge in [-0.3, -0.25) is 9.69 Å². The molecule has 0 unspecified atom stereocenters. The quantitative estimate of drug-likeness (QED) is 0.828. The van der Waals surface area contributed by atoms with Crippen molar-refractivity contribution in [2.24, 2.45) is 0 Å². The lowest BCUT2D eigenvalue weighted by Gasteiger charge is -2.17. The highest BCUT2D eigenvalue weighted by molar-refractivity contribution is 9.10. The molecule has 0 saturated heterocycles. The maximum atomic E-state index is 12.1. The zero-order valence-electron chi connectivity index (χ0n) is 12.6. The van der Waals surface area contributed by atoms with E-state index in [2.05, 4.69) is 21.2 Å². The van der Waals surface area contributed by atoms with Gasteiger partial charge in [0, 0.05) is 21.7 Å². The van der Waals surface area contributed by atoms with Crippen molar-refractivity contribution in [1.82, 2.24) is 4.90 Å². The fraction of sp³-hybridized carbons (Fsp3) is 0.235. The molecule has 2 aromatic carbocycles. The van der Waals surface area contributed by atoms with E-state index in [4.69, 9.17) is 11.6 Å².